The van der Waals surface area contributed by atoms with Crippen LogP contribution in [0.15, 0.2) is 34.9 Å². The fourth-order valence-corrected chi connectivity index (χ4v) is 2.58. The van der Waals surface area contributed by atoms with Gasteiger partial charge in [-0.25, -0.2) is 8.42 Å². The first-order valence-electron chi connectivity index (χ1n) is 7.20. The van der Waals surface area contributed by atoms with Crippen molar-refractivity contribution >= 4 is 34.0 Å². The van der Waals surface area contributed by atoms with Crippen molar-refractivity contribution in [3.8, 4) is 0 Å². The molecule has 1 heterocycles. The van der Waals surface area contributed by atoms with Gasteiger partial charge in [0.25, 0.3) is 0 Å². The molecule has 10 heteroatoms. The molecule has 24 heavy (non-hydrogen) atoms. The topological polar surface area (TPSA) is 120 Å². The van der Waals surface area contributed by atoms with Crippen molar-refractivity contribution in [2.75, 3.05) is 19.8 Å². The number of carbonyl (C=O) groups is 1. The number of furan rings is 1. The monoisotopic (exact) mass is 354 g/mol. The molecule has 2 aromatic rings. The largest absolute Gasteiger partial charge is 0.475 e. The lowest BCUT2D eigenvalue weighted by atomic mass is 9.76. The lowest BCUT2D eigenvalue weighted by Gasteiger charge is -2.19. The molecule has 2 rings (SSSR count). The van der Waals surface area contributed by atoms with Gasteiger partial charge in [-0.2, -0.15) is 4.31 Å². The number of nitrogens with zero attached hydrogens (tertiary/aromatic N) is 1. The fourth-order valence-electron chi connectivity index (χ4n) is 2.23. The molecule has 0 unspecified atom stereocenters. The number of fused-ring (bicyclic) bond motifs is 1. The summed E-state index contributed by atoms with van der Waals surface area (Å²) in [7, 11) is -4.03. The van der Waals surface area contributed by atoms with Crippen molar-refractivity contribution in [2.24, 2.45) is 0 Å². The number of para-hydroxylation sites is 1. The average molecular weight is 354 g/mol. The molecule has 0 saturated heterocycles. The number of hydrogen-bond donors (Lipinski definition) is 3. The lowest BCUT2D eigenvalue weighted by molar-refractivity contribution is -0.121. The molecule has 3 N–H and O–H groups in total. The highest BCUT2D eigenvalue weighted by Crippen LogP contribution is 2.22. The van der Waals surface area contributed by atoms with Crippen LogP contribution in [0.2, 0.25) is 0 Å². The first-order valence-corrected chi connectivity index (χ1v) is 9.05. The van der Waals surface area contributed by atoms with E-state index in [1.54, 1.807) is 6.07 Å². The molecule has 0 aliphatic carbocycles. The molecule has 0 spiro atoms. The van der Waals surface area contributed by atoms with Crippen LogP contribution in [-0.2, 0) is 21.2 Å². The maximum Gasteiger partial charge on any atom is 0.475 e. The third-order valence-corrected chi connectivity index (χ3v) is 4.90. The van der Waals surface area contributed by atoms with E-state index in [0.29, 0.717) is 11.1 Å². The van der Waals surface area contributed by atoms with Gasteiger partial charge in [-0.3, -0.25) is 4.79 Å². The van der Waals surface area contributed by atoms with Gasteiger partial charge in [0, 0.05) is 12.4 Å². The Hall–Kier alpha value is -1.88. The van der Waals surface area contributed by atoms with Crippen LogP contribution in [-0.4, -0.2) is 61.6 Å². The first kappa shape index (κ1) is 18.5. The van der Waals surface area contributed by atoms with E-state index in [2.05, 4.69) is 5.32 Å². The van der Waals surface area contributed by atoms with E-state index in [1.807, 2.05) is 18.2 Å². The molecule has 0 radical (unpaired) electrons. The Bertz CT molecular complexity index is 820. The van der Waals surface area contributed by atoms with E-state index < -0.39 is 35.5 Å². The van der Waals surface area contributed by atoms with Gasteiger partial charge < -0.3 is 19.8 Å². The number of nitrogens with one attached hydrogen (secondary N) is 1. The highest BCUT2D eigenvalue weighted by molar-refractivity contribution is 7.88. The van der Waals surface area contributed by atoms with Crippen LogP contribution in [0.4, 0.5) is 0 Å². The molecule has 1 atom stereocenters. The SMILES string of the molecule is CN(CC(=O)N[C@H](Cc1coc2ccccc12)B(O)O)S(C)(=O)=O. The van der Waals surface area contributed by atoms with Crippen molar-refractivity contribution in [3.05, 3.63) is 36.1 Å². The second-order valence-corrected chi connectivity index (χ2v) is 7.66. The molecule has 0 aliphatic rings. The maximum absolute atomic E-state index is 11.9. The summed E-state index contributed by atoms with van der Waals surface area (Å²) in [5.41, 5.74) is 1.36. The zero-order valence-corrected chi connectivity index (χ0v) is 14.2. The highest BCUT2D eigenvalue weighted by Gasteiger charge is 2.28. The van der Waals surface area contributed by atoms with Crippen molar-refractivity contribution in [2.45, 2.75) is 12.4 Å². The van der Waals surface area contributed by atoms with Crippen molar-refractivity contribution in [3.63, 3.8) is 0 Å². The summed E-state index contributed by atoms with van der Waals surface area (Å²) >= 11 is 0. The third-order valence-electron chi connectivity index (χ3n) is 3.64. The summed E-state index contributed by atoms with van der Waals surface area (Å²) in [5.74, 6) is -1.62. The normalized spacial score (nSPS) is 13.2. The van der Waals surface area contributed by atoms with Gasteiger partial charge in [0.15, 0.2) is 0 Å². The van der Waals surface area contributed by atoms with Gasteiger partial charge in [0.1, 0.15) is 5.58 Å². The van der Waals surface area contributed by atoms with Gasteiger partial charge in [-0.15, -0.1) is 0 Å². The Morgan fingerprint density at radius 3 is 2.67 bits per heavy atom. The Kier molecular flexibility index (Phi) is 5.65. The van der Waals surface area contributed by atoms with E-state index in [9.17, 15) is 23.3 Å². The van der Waals surface area contributed by atoms with Gasteiger partial charge in [-0.05, 0) is 18.1 Å². The Morgan fingerprint density at radius 1 is 1.38 bits per heavy atom. The predicted molar refractivity (Wildman–Crippen MR) is 89.5 cm³/mol. The molecular formula is C14H19BN2O6S. The lowest BCUT2D eigenvalue weighted by Crippen LogP contribution is -2.50. The van der Waals surface area contributed by atoms with Gasteiger partial charge in [0.2, 0.25) is 15.9 Å². The van der Waals surface area contributed by atoms with Crippen LogP contribution in [0.1, 0.15) is 5.56 Å². The smallest absolute Gasteiger partial charge is 0.464 e. The molecule has 0 bridgehead atoms. The third kappa shape index (κ3) is 4.57. The van der Waals surface area contributed by atoms with Crippen LogP contribution >= 0.6 is 0 Å². The zero-order valence-electron chi connectivity index (χ0n) is 13.3. The van der Waals surface area contributed by atoms with Crippen LogP contribution in [0.5, 0.6) is 0 Å². The van der Waals surface area contributed by atoms with Crippen LogP contribution in [0.3, 0.4) is 0 Å². The minimum atomic E-state index is -3.50. The van der Waals surface area contributed by atoms with E-state index in [4.69, 9.17) is 4.42 Å². The summed E-state index contributed by atoms with van der Waals surface area (Å²) in [6.07, 6.45) is 2.61. The summed E-state index contributed by atoms with van der Waals surface area (Å²) in [6.45, 7) is -0.409. The number of benzene rings is 1. The van der Waals surface area contributed by atoms with Crippen LogP contribution in [0.25, 0.3) is 11.0 Å². The molecule has 1 aromatic heterocycles. The predicted octanol–water partition coefficient (Wildman–Crippen LogP) is -0.637. The molecule has 0 fully saturated rings. The van der Waals surface area contributed by atoms with Crippen molar-refractivity contribution < 1.29 is 27.7 Å². The molecule has 8 nitrogen and oxygen atoms in total. The number of amides is 1. The second kappa shape index (κ2) is 7.35. The van der Waals surface area contributed by atoms with E-state index in [-0.39, 0.29) is 6.42 Å². The Labute approximate surface area is 140 Å². The summed E-state index contributed by atoms with van der Waals surface area (Å²) in [6, 6.07) is 7.25. The van der Waals surface area contributed by atoms with Gasteiger partial charge >= 0.3 is 7.12 Å². The Morgan fingerprint density at radius 2 is 2.04 bits per heavy atom. The Balaban J connectivity index is 2.08. The summed E-state index contributed by atoms with van der Waals surface area (Å²) in [4.78, 5) is 11.9. The second-order valence-electron chi connectivity index (χ2n) is 5.57. The minimum Gasteiger partial charge on any atom is -0.464 e. The highest BCUT2D eigenvalue weighted by atomic mass is 32.2. The standard InChI is InChI=1S/C14H19BN2O6S/c1-17(24(2,21)22)8-14(18)16-13(15(19)20)7-10-9-23-12-6-4-3-5-11(10)12/h3-6,9,13,19-20H,7-8H2,1-2H3,(H,16,18)/t13-/m1/s1. The number of likely N-dealkylation sites (N-methyl/N-ethyl adjacent to an activating group) is 1. The number of hydrogen-bond acceptors (Lipinski definition) is 6. The summed E-state index contributed by atoms with van der Waals surface area (Å²) in [5, 5.41) is 22.3. The van der Waals surface area contributed by atoms with E-state index >= 15 is 0 Å². The molecule has 130 valence electrons. The van der Waals surface area contributed by atoms with Crippen LogP contribution in [0, 0.1) is 0 Å². The first-order chi connectivity index (χ1) is 11.2. The van der Waals surface area contributed by atoms with Crippen molar-refractivity contribution in [1.82, 2.24) is 9.62 Å². The number of rotatable bonds is 7. The van der Waals surface area contributed by atoms with E-state index in [0.717, 1.165) is 15.9 Å². The number of sulfonamides is 1. The number of carbonyl (C=O) groups excluding carboxylic acids is 1. The average Bonchev–Trinajstić information content (AvgIpc) is 2.88. The molecule has 0 aliphatic heterocycles. The molecular weight excluding hydrogens is 335 g/mol. The van der Waals surface area contributed by atoms with E-state index in [1.165, 1.54) is 13.3 Å². The molecule has 1 aromatic carbocycles. The maximum atomic E-state index is 11.9. The minimum absolute atomic E-state index is 0.128. The van der Waals surface area contributed by atoms with Crippen LogP contribution < -0.4 is 5.32 Å². The molecule has 0 saturated carbocycles. The summed E-state index contributed by atoms with van der Waals surface area (Å²) < 4.78 is 28.9. The van der Waals surface area contributed by atoms with Crippen molar-refractivity contribution in [1.29, 1.82) is 0 Å². The van der Waals surface area contributed by atoms with Gasteiger partial charge in [0.05, 0.1) is 25.0 Å². The molecule has 1 amide bonds. The van der Waals surface area contributed by atoms with Gasteiger partial charge in [-0.1, -0.05) is 18.2 Å². The zero-order chi connectivity index (χ0) is 17.9. The fraction of sp³-hybridized carbons (Fsp3) is 0.357. The quantitative estimate of drug-likeness (QED) is 0.569.